The third kappa shape index (κ3) is 4.49. The Morgan fingerprint density at radius 3 is 1.80 bits per heavy atom. The number of benzene rings is 7. The summed E-state index contributed by atoms with van der Waals surface area (Å²) in [6, 6.07) is 57.9. The molecule has 0 N–H and O–H groups in total. The van der Waals surface area contributed by atoms with Crippen LogP contribution in [0.1, 0.15) is 0 Å². The van der Waals surface area contributed by atoms with Crippen LogP contribution in [-0.4, -0.2) is 4.98 Å². The van der Waals surface area contributed by atoms with Crippen molar-refractivity contribution in [3.05, 3.63) is 170 Å². The predicted molar refractivity (Wildman–Crippen MR) is 192 cm³/mol. The van der Waals surface area contributed by atoms with Crippen molar-refractivity contribution in [3.63, 3.8) is 0 Å². The van der Waals surface area contributed by atoms with Gasteiger partial charge in [0.05, 0.1) is 5.52 Å². The fraction of sp³-hybridized carbons (Fsp3) is 0. The quantitative estimate of drug-likeness (QED) is 0.200. The van der Waals surface area contributed by atoms with Gasteiger partial charge >= 0.3 is 0 Å². The second-order valence-corrected chi connectivity index (χ2v) is 11.7. The van der Waals surface area contributed by atoms with E-state index in [-0.39, 0.29) is 0 Å². The number of rotatable bonds is 5. The number of aromatic nitrogens is 1. The Hall–Kier alpha value is -6.19. The molecule has 0 unspecified atom stereocenters. The maximum absolute atomic E-state index is 6.41. The molecule has 0 saturated heterocycles. The fourth-order valence-electron chi connectivity index (χ4n) is 6.54. The van der Waals surface area contributed by atoms with Gasteiger partial charge in [0.1, 0.15) is 11.2 Å². The highest BCUT2D eigenvalue weighted by atomic mass is 16.3. The van der Waals surface area contributed by atoms with E-state index in [0.717, 1.165) is 49.9 Å². The minimum absolute atomic E-state index is 0.850. The molecule has 0 aliphatic heterocycles. The molecule has 9 rings (SSSR count). The van der Waals surface area contributed by atoms with E-state index in [2.05, 4.69) is 150 Å². The van der Waals surface area contributed by atoms with Gasteiger partial charge in [-0.05, 0) is 93.7 Å². The van der Waals surface area contributed by atoms with Crippen LogP contribution in [0.4, 0.5) is 17.1 Å². The second kappa shape index (κ2) is 10.8. The standard InChI is InChI=1S/C43H28N2O/c1-2-8-29(9-3-1)31-16-20-35(21-17-31)45(36-22-18-32(19-23-36)34-15-14-30-10-4-5-11-33(30)26-34)37-24-25-42-39(27-37)40-28-44-41-13-7-6-12-38(41)43(40)46-42/h1-28H. The van der Waals surface area contributed by atoms with Crippen molar-refractivity contribution < 1.29 is 4.42 Å². The van der Waals surface area contributed by atoms with Crippen molar-refractivity contribution in [2.45, 2.75) is 0 Å². The zero-order valence-corrected chi connectivity index (χ0v) is 25.0. The van der Waals surface area contributed by atoms with Crippen LogP contribution < -0.4 is 4.90 Å². The van der Waals surface area contributed by atoms with Crippen LogP contribution in [0.5, 0.6) is 0 Å². The summed E-state index contributed by atoms with van der Waals surface area (Å²) in [6.45, 7) is 0. The number of hydrogen-bond donors (Lipinski definition) is 0. The summed E-state index contributed by atoms with van der Waals surface area (Å²) in [4.78, 5) is 7.06. The largest absolute Gasteiger partial charge is 0.455 e. The highest BCUT2D eigenvalue weighted by Crippen LogP contribution is 2.41. The van der Waals surface area contributed by atoms with Crippen LogP contribution in [0.25, 0.3) is 65.9 Å². The Bertz CT molecular complexity index is 2510. The molecule has 3 heteroatoms. The molecule has 3 nitrogen and oxygen atoms in total. The van der Waals surface area contributed by atoms with Crippen molar-refractivity contribution >= 4 is 60.7 Å². The molecule has 9 aromatic rings. The van der Waals surface area contributed by atoms with E-state index in [1.54, 1.807) is 0 Å². The number of hydrogen-bond acceptors (Lipinski definition) is 3. The lowest BCUT2D eigenvalue weighted by atomic mass is 10.0. The molecule has 0 amide bonds. The molecular weight excluding hydrogens is 560 g/mol. The molecule has 0 aliphatic carbocycles. The van der Waals surface area contributed by atoms with Crippen molar-refractivity contribution in [2.75, 3.05) is 4.90 Å². The smallest absolute Gasteiger partial charge is 0.146 e. The molecule has 216 valence electrons. The van der Waals surface area contributed by atoms with E-state index in [0.29, 0.717) is 0 Å². The summed E-state index contributed by atoms with van der Waals surface area (Å²) in [6.07, 6.45) is 1.94. The van der Waals surface area contributed by atoms with Crippen molar-refractivity contribution in [1.29, 1.82) is 0 Å². The SMILES string of the molecule is c1ccc(-c2ccc(N(c3ccc(-c4ccc5ccccc5c4)cc3)c3ccc4oc5c6ccccc6ncc5c4c3)cc2)cc1. The third-order valence-corrected chi connectivity index (χ3v) is 8.89. The molecule has 2 heterocycles. The maximum Gasteiger partial charge on any atom is 0.146 e. The first-order chi connectivity index (χ1) is 22.8. The molecule has 0 fully saturated rings. The van der Waals surface area contributed by atoms with E-state index in [1.807, 2.05) is 24.4 Å². The maximum atomic E-state index is 6.41. The van der Waals surface area contributed by atoms with Crippen LogP contribution in [0.15, 0.2) is 174 Å². The Labute approximate surface area is 266 Å². The number of furan rings is 1. The van der Waals surface area contributed by atoms with Crippen LogP contribution in [0.3, 0.4) is 0 Å². The number of fused-ring (bicyclic) bond motifs is 6. The van der Waals surface area contributed by atoms with Gasteiger partial charge in [-0.15, -0.1) is 0 Å². The van der Waals surface area contributed by atoms with Gasteiger partial charge < -0.3 is 9.32 Å². The Kier molecular flexibility index (Phi) is 6.14. The molecule has 46 heavy (non-hydrogen) atoms. The lowest BCUT2D eigenvalue weighted by molar-refractivity contribution is 0.672. The van der Waals surface area contributed by atoms with Crippen LogP contribution >= 0.6 is 0 Å². The first-order valence-electron chi connectivity index (χ1n) is 15.5. The van der Waals surface area contributed by atoms with Gasteiger partial charge in [-0.3, -0.25) is 4.98 Å². The number of anilines is 3. The highest BCUT2D eigenvalue weighted by Gasteiger charge is 2.17. The Morgan fingerprint density at radius 1 is 0.413 bits per heavy atom. The summed E-state index contributed by atoms with van der Waals surface area (Å²) in [7, 11) is 0. The first-order valence-corrected chi connectivity index (χ1v) is 15.5. The molecule has 0 spiro atoms. The average Bonchev–Trinajstić information content (AvgIpc) is 3.51. The van der Waals surface area contributed by atoms with Gasteiger partial charge in [0.2, 0.25) is 0 Å². The average molecular weight is 589 g/mol. The minimum atomic E-state index is 0.850. The molecule has 0 aliphatic rings. The van der Waals surface area contributed by atoms with E-state index in [9.17, 15) is 0 Å². The minimum Gasteiger partial charge on any atom is -0.455 e. The lowest BCUT2D eigenvalue weighted by Gasteiger charge is -2.26. The fourth-order valence-corrected chi connectivity index (χ4v) is 6.54. The number of para-hydroxylation sites is 1. The van der Waals surface area contributed by atoms with Gasteiger partial charge in [-0.1, -0.05) is 103 Å². The molecular formula is C43H28N2O. The highest BCUT2D eigenvalue weighted by molar-refractivity contribution is 6.14. The topological polar surface area (TPSA) is 29.3 Å². The van der Waals surface area contributed by atoms with Crippen molar-refractivity contribution in [2.24, 2.45) is 0 Å². The normalized spacial score (nSPS) is 11.5. The van der Waals surface area contributed by atoms with Crippen LogP contribution in [0, 0.1) is 0 Å². The van der Waals surface area contributed by atoms with E-state index < -0.39 is 0 Å². The summed E-state index contributed by atoms with van der Waals surface area (Å²) < 4.78 is 6.41. The van der Waals surface area contributed by atoms with Crippen LogP contribution in [-0.2, 0) is 0 Å². The van der Waals surface area contributed by atoms with Gasteiger partial charge in [-0.25, -0.2) is 0 Å². The summed E-state index contributed by atoms with van der Waals surface area (Å²) in [5.74, 6) is 0. The summed E-state index contributed by atoms with van der Waals surface area (Å²) in [5, 5.41) is 5.58. The third-order valence-electron chi connectivity index (χ3n) is 8.89. The van der Waals surface area contributed by atoms with Gasteiger partial charge in [-0.2, -0.15) is 0 Å². The van der Waals surface area contributed by atoms with Crippen molar-refractivity contribution in [3.8, 4) is 22.3 Å². The second-order valence-electron chi connectivity index (χ2n) is 11.7. The van der Waals surface area contributed by atoms with Crippen molar-refractivity contribution in [1.82, 2.24) is 4.98 Å². The summed E-state index contributed by atoms with van der Waals surface area (Å²) in [5.41, 5.74) is 10.6. The molecule has 0 radical (unpaired) electrons. The van der Waals surface area contributed by atoms with E-state index in [4.69, 9.17) is 9.40 Å². The van der Waals surface area contributed by atoms with Gasteiger partial charge in [0.15, 0.2) is 0 Å². The zero-order valence-electron chi connectivity index (χ0n) is 25.0. The van der Waals surface area contributed by atoms with E-state index >= 15 is 0 Å². The molecule has 0 bridgehead atoms. The number of pyridine rings is 1. The Morgan fingerprint density at radius 2 is 1.02 bits per heavy atom. The van der Waals surface area contributed by atoms with E-state index in [1.165, 1.54) is 33.0 Å². The monoisotopic (exact) mass is 588 g/mol. The number of nitrogens with zero attached hydrogens (tertiary/aromatic N) is 2. The molecule has 7 aromatic carbocycles. The van der Waals surface area contributed by atoms with Gasteiger partial charge in [0, 0.05) is 39.4 Å². The zero-order chi connectivity index (χ0) is 30.5. The van der Waals surface area contributed by atoms with Gasteiger partial charge in [0.25, 0.3) is 0 Å². The molecule has 2 aromatic heterocycles. The molecule has 0 atom stereocenters. The summed E-state index contributed by atoms with van der Waals surface area (Å²) >= 11 is 0. The Balaban J connectivity index is 1.17. The lowest BCUT2D eigenvalue weighted by Crippen LogP contribution is -2.09. The molecule has 0 saturated carbocycles. The first kappa shape index (κ1) is 26.2. The van der Waals surface area contributed by atoms with Crippen LogP contribution in [0.2, 0.25) is 0 Å². The predicted octanol–water partition coefficient (Wildman–Crippen LogP) is 12.1.